The molecule has 1 atom stereocenters. The summed E-state index contributed by atoms with van der Waals surface area (Å²) in [5, 5.41) is 22.4. The molecule has 0 aliphatic carbocycles. The van der Waals surface area contributed by atoms with Crippen molar-refractivity contribution in [2.45, 2.75) is 33.0 Å². The van der Waals surface area contributed by atoms with Crippen LogP contribution in [0.15, 0.2) is 23.3 Å². The number of fused-ring (bicyclic) bond motifs is 4. The zero-order valence-corrected chi connectivity index (χ0v) is 20.3. The van der Waals surface area contributed by atoms with Crippen molar-refractivity contribution in [2.24, 2.45) is 10.9 Å². The number of ether oxygens (including phenoxy) is 1. The van der Waals surface area contributed by atoms with Crippen LogP contribution in [-0.4, -0.2) is 29.0 Å². The molecule has 2 aliphatic heterocycles. The van der Waals surface area contributed by atoms with E-state index in [1.165, 1.54) is 12.1 Å². The monoisotopic (exact) mass is 504 g/mol. The molecule has 0 spiro atoms. The number of nitrogens with two attached hydrogens (primary N) is 1. The molecule has 1 unspecified atom stereocenters. The number of thiophene rings is 1. The number of nitriles is 1. The highest BCUT2D eigenvalue weighted by Crippen LogP contribution is 2.47. The summed E-state index contributed by atoms with van der Waals surface area (Å²) in [5.74, 6) is -0.553. The van der Waals surface area contributed by atoms with E-state index in [0.29, 0.717) is 40.0 Å². The standard InChI is InChI=1S/C26H22F2N6OS/c1-12-2-3-13(8-31-7-12)33-19-9-32-34-24-22(19)17-11-35-10-16(17)20(23(24)28)14-4-5-18(27)25-21(14)15(6-29)26(30)36-25/h4-5,9,12,31H,2-3,7-8,10-11,30H2,1H3. The van der Waals surface area contributed by atoms with Gasteiger partial charge in [0, 0.05) is 28.6 Å². The highest BCUT2D eigenvalue weighted by Gasteiger charge is 2.30. The molecule has 0 bridgehead atoms. The van der Waals surface area contributed by atoms with Gasteiger partial charge in [0.05, 0.1) is 35.4 Å². The highest BCUT2D eigenvalue weighted by molar-refractivity contribution is 7.23. The molecule has 2 aromatic carbocycles. The summed E-state index contributed by atoms with van der Waals surface area (Å²) < 4.78 is 37.0. The third kappa shape index (κ3) is 3.54. The number of nitrogens with zero attached hydrogens (tertiary/aromatic N) is 4. The second kappa shape index (κ2) is 8.85. The Kier molecular flexibility index (Phi) is 5.63. The smallest absolute Gasteiger partial charge is 0.159 e. The van der Waals surface area contributed by atoms with Crippen molar-refractivity contribution in [1.29, 1.82) is 5.26 Å². The Morgan fingerprint density at radius 2 is 2.08 bits per heavy atom. The number of halogens is 2. The van der Waals surface area contributed by atoms with E-state index in [1.807, 2.05) is 0 Å². The number of anilines is 1. The molecule has 4 heterocycles. The van der Waals surface area contributed by atoms with E-state index in [9.17, 15) is 9.65 Å². The Morgan fingerprint density at radius 3 is 2.92 bits per heavy atom. The van der Waals surface area contributed by atoms with Gasteiger partial charge in [-0.2, -0.15) is 10.4 Å². The van der Waals surface area contributed by atoms with Crippen LogP contribution < -0.4 is 11.1 Å². The van der Waals surface area contributed by atoms with Crippen molar-refractivity contribution in [3.8, 4) is 17.2 Å². The van der Waals surface area contributed by atoms with Crippen molar-refractivity contribution in [1.82, 2.24) is 15.5 Å². The molecular weight excluding hydrogens is 482 g/mol. The zero-order chi connectivity index (χ0) is 25.0. The molecule has 3 N–H and O–H groups in total. The van der Waals surface area contributed by atoms with Gasteiger partial charge in [-0.25, -0.2) is 8.78 Å². The Balaban J connectivity index is 1.63. The maximum atomic E-state index is 16.3. The molecule has 7 nitrogen and oxygen atoms in total. The summed E-state index contributed by atoms with van der Waals surface area (Å²) in [7, 11) is 0. The van der Waals surface area contributed by atoms with E-state index in [2.05, 4.69) is 28.5 Å². The number of benzene rings is 2. The van der Waals surface area contributed by atoms with E-state index in [-0.39, 0.29) is 39.6 Å². The molecule has 2 aromatic heterocycles. The molecular formula is C26H22F2N6OS. The van der Waals surface area contributed by atoms with Gasteiger partial charge < -0.3 is 15.8 Å². The average molecular weight is 505 g/mol. The molecule has 0 radical (unpaired) electrons. The van der Waals surface area contributed by atoms with Gasteiger partial charge in [-0.05, 0) is 48.1 Å². The lowest BCUT2D eigenvalue weighted by Gasteiger charge is -2.15. The third-order valence-corrected chi connectivity index (χ3v) is 7.97. The first-order chi connectivity index (χ1) is 17.5. The van der Waals surface area contributed by atoms with Crippen molar-refractivity contribution < 1.29 is 13.5 Å². The van der Waals surface area contributed by atoms with Crippen molar-refractivity contribution in [3.05, 3.63) is 46.7 Å². The fourth-order valence-corrected chi connectivity index (χ4v) is 6.11. The molecule has 4 aromatic rings. The maximum absolute atomic E-state index is 16.3. The molecule has 0 amide bonds. The minimum Gasteiger partial charge on any atom is -0.389 e. The highest BCUT2D eigenvalue weighted by atomic mass is 32.1. The van der Waals surface area contributed by atoms with Crippen LogP contribution in [-0.2, 0) is 18.0 Å². The van der Waals surface area contributed by atoms with E-state index >= 15 is 4.39 Å². The van der Waals surface area contributed by atoms with Crippen LogP contribution in [0.4, 0.5) is 19.5 Å². The molecule has 1 saturated heterocycles. The van der Waals surface area contributed by atoms with Crippen LogP contribution >= 0.6 is 11.3 Å². The van der Waals surface area contributed by atoms with E-state index in [4.69, 9.17) is 15.5 Å². The van der Waals surface area contributed by atoms with Crippen molar-refractivity contribution >= 4 is 48.7 Å². The number of hydrogen-bond acceptors (Lipinski definition) is 8. The Morgan fingerprint density at radius 1 is 1.25 bits per heavy atom. The quantitative estimate of drug-likeness (QED) is 0.380. The minimum atomic E-state index is -0.599. The maximum Gasteiger partial charge on any atom is 0.159 e. The zero-order valence-electron chi connectivity index (χ0n) is 19.5. The first-order valence-electron chi connectivity index (χ1n) is 11.7. The van der Waals surface area contributed by atoms with E-state index < -0.39 is 11.6 Å². The summed E-state index contributed by atoms with van der Waals surface area (Å²) in [6.45, 7) is 4.23. The fourth-order valence-electron chi connectivity index (χ4n) is 5.16. The average Bonchev–Trinajstić information content (AvgIpc) is 3.42. The van der Waals surface area contributed by atoms with Gasteiger partial charge in [0.1, 0.15) is 22.4 Å². The molecule has 10 heteroatoms. The van der Waals surface area contributed by atoms with E-state index in [1.54, 1.807) is 6.20 Å². The van der Waals surface area contributed by atoms with Crippen LogP contribution in [0.2, 0.25) is 0 Å². The lowest BCUT2D eigenvalue weighted by Crippen LogP contribution is -2.22. The molecule has 0 saturated carbocycles. The number of nitrogens with one attached hydrogen (secondary N) is 1. The first-order valence-corrected chi connectivity index (χ1v) is 12.5. The number of hydrogen-bond donors (Lipinski definition) is 2. The number of nitrogen functional groups attached to an aromatic ring is 1. The van der Waals surface area contributed by atoms with Gasteiger partial charge in [-0.1, -0.05) is 13.0 Å². The largest absolute Gasteiger partial charge is 0.389 e. The summed E-state index contributed by atoms with van der Waals surface area (Å²) >= 11 is 0.980. The predicted molar refractivity (Wildman–Crippen MR) is 136 cm³/mol. The minimum absolute atomic E-state index is 0.0743. The second-order valence-electron chi connectivity index (χ2n) is 9.30. The Hall–Kier alpha value is -3.52. The third-order valence-electron chi connectivity index (χ3n) is 6.94. The SMILES string of the molecule is CC1CCC(=Nc2cnnc3c(F)c(-c4ccc(F)c5sc(N)c(C#N)c45)c4c(c23)COC4)CNC1. The van der Waals surface area contributed by atoms with Crippen LogP contribution in [0.5, 0.6) is 0 Å². The van der Waals surface area contributed by atoms with Gasteiger partial charge >= 0.3 is 0 Å². The van der Waals surface area contributed by atoms with Gasteiger partial charge in [0.25, 0.3) is 0 Å². The Bertz CT molecular complexity index is 1620. The van der Waals surface area contributed by atoms with Crippen LogP contribution in [0, 0.1) is 28.9 Å². The van der Waals surface area contributed by atoms with Crippen molar-refractivity contribution in [2.75, 3.05) is 18.8 Å². The topological polar surface area (TPSA) is 109 Å². The summed E-state index contributed by atoms with van der Waals surface area (Å²) in [5.41, 5.74) is 9.82. The summed E-state index contributed by atoms with van der Waals surface area (Å²) in [6, 6.07) is 4.82. The normalized spacial score (nSPS) is 19.1. The number of aliphatic imine (C=N–C) groups is 1. The first kappa shape index (κ1) is 22.9. The summed E-state index contributed by atoms with van der Waals surface area (Å²) in [6.07, 6.45) is 3.43. The lowest BCUT2D eigenvalue weighted by atomic mass is 9.90. The Labute approximate surface area is 209 Å². The molecule has 6 rings (SSSR count). The molecule has 182 valence electrons. The van der Waals surface area contributed by atoms with Crippen molar-refractivity contribution in [3.63, 3.8) is 0 Å². The van der Waals surface area contributed by atoms with E-state index in [0.717, 1.165) is 42.0 Å². The van der Waals surface area contributed by atoms with Crippen LogP contribution in [0.1, 0.15) is 36.5 Å². The van der Waals surface area contributed by atoms with Crippen LogP contribution in [0.3, 0.4) is 0 Å². The van der Waals surface area contributed by atoms with Gasteiger partial charge in [-0.3, -0.25) is 4.99 Å². The number of rotatable bonds is 2. The van der Waals surface area contributed by atoms with Gasteiger partial charge in [0.2, 0.25) is 0 Å². The lowest BCUT2D eigenvalue weighted by molar-refractivity contribution is 0.135. The van der Waals surface area contributed by atoms with Gasteiger partial charge in [-0.15, -0.1) is 16.4 Å². The fraction of sp³-hybridized carbons (Fsp3) is 0.308. The molecule has 36 heavy (non-hydrogen) atoms. The summed E-state index contributed by atoms with van der Waals surface area (Å²) in [4.78, 5) is 4.88. The van der Waals surface area contributed by atoms with Crippen LogP contribution in [0.25, 0.3) is 32.1 Å². The number of aromatic nitrogens is 2. The molecule has 1 fully saturated rings. The second-order valence-corrected chi connectivity index (χ2v) is 10.3. The predicted octanol–water partition coefficient (Wildman–Crippen LogP) is 5.37. The molecule has 2 aliphatic rings. The van der Waals surface area contributed by atoms with Gasteiger partial charge in [0.15, 0.2) is 5.82 Å².